The van der Waals surface area contributed by atoms with Gasteiger partial charge in [-0.15, -0.1) is 0 Å². The van der Waals surface area contributed by atoms with Crippen molar-refractivity contribution < 1.29 is 14.7 Å². The largest absolute Gasteiger partial charge is 0.478 e. The number of hydrogen-bond donors (Lipinski definition) is 2. The maximum atomic E-state index is 12.1. The van der Waals surface area contributed by atoms with Crippen LogP contribution < -0.4 is 5.32 Å². The quantitative estimate of drug-likeness (QED) is 0.801. The minimum atomic E-state index is -0.987. The number of carbonyl (C=O) groups excluding carboxylic acids is 1. The average Bonchev–Trinajstić information content (AvgIpc) is 2.45. The molecule has 4 nitrogen and oxygen atoms in total. The molecule has 1 amide bonds. The molecular weight excluding hydrogens is 402 g/mol. The van der Waals surface area contributed by atoms with Crippen molar-refractivity contribution in [3.8, 4) is 0 Å². The fourth-order valence-corrected chi connectivity index (χ4v) is 2.99. The van der Waals surface area contributed by atoms with E-state index in [4.69, 9.17) is 5.11 Å². The molecule has 0 saturated heterocycles. The van der Waals surface area contributed by atoms with Crippen molar-refractivity contribution in [2.75, 3.05) is 0 Å². The Hall–Kier alpha value is -1.66. The second kappa shape index (κ2) is 6.87. The zero-order valence-electron chi connectivity index (χ0n) is 10.8. The Labute approximate surface area is 138 Å². The molecule has 0 aliphatic rings. The molecule has 0 atom stereocenters. The zero-order chi connectivity index (χ0) is 15.4. The number of amides is 1. The van der Waals surface area contributed by atoms with Gasteiger partial charge in [0, 0.05) is 15.5 Å². The fraction of sp³-hybridized carbons (Fsp3) is 0.0667. The SMILES string of the molecule is O=C(O)c1cccc(CNC(=O)c2ccc(Br)cc2Br)c1. The molecule has 2 rings (SSSR count). The van der Waals surface area contributed by atoms with Crippen LogP contribution in [0.15, 0.2) is 51.4 Å². The van der Waals surface area contributed by atoms with Crippen LogP contribution in [0.3, 0.4) is 0 Å². The third kappa shape index (κ3) is 4.15. The van der Waals surface area contributed by atoms with Gasteiger partial charge in [-0.3, -0.25) is 4.79 Å². The van der Waals surface area contributed by atoms with Crippen LogP contribution in [-0.4, -0.2) is 17.0 Å². The van der Waals surface area contributed by atoms with E-state index < -0.39 is 5.97 Å². The van der Waals surface area contributed by atoms with Gasteiger partial charge in [0.25, 0.3) is 5.91 Å². The molecule has 0 bridgehead atoms. The lowest BCUT2D eigenvalue weighted by Gasteiger charge is -2.08. The lowest BCUT2D eigenvalue weighted by Crippen LogP contribution is -2.23. The molecule has 2 N–H and O–H groups in total. The number of halogens is 2. The summed E-state index contributed by atoms with van der Waals surface area (Å²) in [4.78, 5) is 23.0. The highest BCUT2D eigenvalue weighted by molar-refractivity contribution is 9.11. The molecule has 21 heavy (non-hydrogen) atoms. The highest BCUT2D eigenvalue weighted by Crippen LogP contribution is 2.21. The van der Waals surface area contributed by atoms with Crippen LogP contribution in [0.4, 0.5) is 0 Å². The van der Waals surface area contributed by atoms with Gasteiger partial charge >= 0.3 is 5.97 Å². The smallest absolute Gasteiger partial charge is 0.335 e. The van der Waals surface area contributed by atoms with Crippen molar-refractivity contribution in [1.82, 2.24) is 5.32 Å². The maximum Gasteiger partial charge on any atom is 0.335 e. The number of rotatable bonds is 4. The topological polar surface area (TPSA) is 66.4 Å². The second-order valence-electron chi connectivity index (χ2n) is 4.31. The minimum absolute atomic E-state index is 0.201. The van der Waals surface area contributed by atoms with Gasteiger partial charge in [0.1, 0.15) is 0 Å². The highest BCUT2D eigenvalue weighted by atomic mass is 79.9. The van der Waals surface area contributed by atoms with E-state index in [1.807, 2.05) is 0 Å². The van der Waals surface area contributed by atoms with Crippen molar-refractivity contribution in [3.05, 3.63) is 68.1 Å². The molecule has 0 aliphatic heterocycles. The molecule has 2 aromatic carbocycles. The van der Waals surface area contributed by atoms with E-state index in [0.29, 0.717) is 10.0 Å². The van der Waals surface area contributed by atoms with Gasteiger partial charge in [-0.2, -0.15) is 0 Å². The van der Waals surface area contributed by atoms with Gasteiger partial charge in [-0.05, 0) is 51.8 Å². The van der Waals surface area contributed by atoms with Gasteiger partial charge in [0.2, 0.25) is 0 Å². The monoisotopic (exact) mass is 411 g/mol. The van der Waals surface area contributed by atoms with E-state index in [2.05, 4.69) is 37.2 Å². The number of nitrogens with one attached hydrogen (secondary N) is 1. The summed E-state index contributed by atoms with van der Waals surface area (Å²) in [5.74, 6) is -1.21. The fourth-order valence-electron chi connectivity index (χ4n) is 1.77. The number of carbonyl (C=O) groups is 2. The maximum absolute atomic E-state index is 12.1. The summed E-state index contributed by atoms with van der Waals surface area (Å²) >= 11 is 6.66. The predicted molar refractivity (Wildman–Crippen MR) is 86.4 cm³/mol. The standard InChI is InChI=1S/C15H11Br2NO3/c16-11-4-5-12(13(17)7-11)14(19)18-8-9-2-1-3-10(6-9)15(20)21/h1-7H,8H2,(H,18,19)(H,20,21). The van der Waals surface area contributed by atoms with Crippen LogP contribution >= 0.6 is 31.9 Å². The van der Waals surface area contributed by atoms with Crippen molar-refractivity contribution >= 4 is 43.7 Å². The van der Waals surface area contributed by atoms with E-state index in [0.717, 1.165) is 10.0 Å². The van der Waals surface area contributed by atoms with Crippen molar-refractivity contribution in [2.45, 2.75) is 6.54 Å². The van der Waals surface area contributed by atoms with Gasteiger partial charge < -0.3 is 10.4 Å². The van der Waals surface area contributed by atoms with Crippen LogP contribution in [0, 0.1) is 0 Å². The van der Waals surface area contributed by atoms with Crippen LogP contribution in [0.1, 0.15) is 26.3 Å². The minimum Gasteiger partial charge on any atom is -0.478 e. The first-order valence-corrected chi connectivity index (χ1v) is 7.61. The molecule has 0 spiro atoms. The van der Waals surface area contributed by atoms with Gasteiger partial charge in [-0.25, -0.2) is 4.79 Å². The van der Waals surface area contributed by atoms with E-state index in [1.165, 1.54) is 6.07 Å². The van der Waals surface area contributed by atoms with Crippen LogP contribution in [0.25, 0.3) is 0 Å². The van der Waals surface area contributed by atoms with Crippen molar-refractivity contribution in [2.24, 2.45) is 0 Å². The third-order valence-electron chi connectivity index (χ3n) is 2.80. The molecule has 108 valence electrons. The van der Waals surface area contributed by atoms with E-state index in [1.54, 1.807) is 36.4 Å². The van der Waals surface area contributed by atoms with Crippen molar-refractivity contribution in [3.63, 3.8) is 0 Å². The predicted octanol–water partition coefficient (Wildman–Crippen LogP) is 3.84. The van der Waals surface area contributed by atoms with Gasteiger partial charge in [-0.1, -0.05) is 28.1 Å². The van der Waals surface area contributed by atoms with Crippen LogP contribution in [-0.2, 0) is 6.54 Å². The second-order valence-corrected chi connectivity index (χ2v) is 6.08. The average molecular weight is 413 g/mol. The van der Waals surface area contributed by atoms with Gasteiger partial charge in [0.15, 0.2) is 0 Å². The molecule has 0 unspecified atom stereocenters. The summed E-state index contributed by atoms with van der Waals surface area (Å²) in [6.45, 7) is 0.266. The lowest BCUT2D eigenvalue weighted by atomic mass is 10.1. The first-order chi connectivity index (χ1) is 9.97. The summed E-state index contributed by atoms with van der Waals surface area (Å²) in [6.07, 6.45) is 0. The molecule has 6 heteroatoms. The van der Waals surface area contributed by atoms with Crippen LogP contribution in [0.5, 0.6) is 0 Å². The molecule has 0 fully saturated rings. The molecule has 0 heterocycles. The summed E-state index contributed by atoms with van der Waals surface area (Å²) in [5.41, 5.74) is 1.45. The number of carboxylic acids is 1. The zero-order valence-corrected chi connectivity index (χ0v) is 13.9. The Morgan fingerprint density at radius 1 is 1.10 bits per heavy atom. The third-order valence-corrected chi connectivity index (χ3v) is 3.95. The van der Waals surface area contributed by atoms with E-state index in [9.17, 15) is 9.59 Å². The van der Waals surface area contributed by atoms with Gasteiger partial charge in [0.05, 0.1) is 11.1 Å². The molecule has 0 aliphatic carbocycles. The molecular formula is C15H11Br2NO3. The summed E-state index contributed by atoms with van der Waals surface area (Å²) in [7, 11) is 0. The summed E-state index contributed by atoms with van der Waals surface area (Å²) in [6, 6.07) is 11.8. The molecule has 2 aromatic rings. The Balaban J connectivity index is 2.07. The molecule has 0 aromatic heterocycles. The summed E-state index contributed by atoms with van der Waals surface area (Å²) in [5, 5.41) is 11.7. The summed E-state index contributed by atoms with van der Waals surface area (Å²) < 4.78 is 1.56. The number of benzene rings is 2. The number of hydrogen-bond acceptors (Lipinski definition) is 2. The first kappa shape index (κ1) is 15.7. The normalized spacial score (nSPS) is 10.2. The van der Waals surface area contributed by atoms with E-state index >= 15 is 0 Å². The Kier molecular flexibility index (Phi) is 5.14. The first-order valence-electron chi connectivity index (χ1n) is 6.03. The number of aromatic carboxylic acids is 1. The number of carboxylic acid groups (broad SMARTS) is 1. The Morgan fingerprint density at radius 3 is 2.52 bits per heavy atom. The lowest BCUT2D eigenvalue weighted by molar-refractivity contribution is 0.0696. The van der Waals surface area contributed by atoms with Crippen LogP contribution in [0.2, 0.25) is 0 Å². The highest BCUT2D eigenvalue weighted by Gasteiger charge is 2.10. The van der Waals surface area contributed by atoms with Crippen molar-refractivity contribution in [1.29, 1.82) is 0 Å². The Morgan fingerprint density at radius 2 is 1.86 bits per heavy atom. The molecule has 0 saturated carbocycles. The van der Waals surface area contributed by atoms with E-state index in [-0.39, 0.29) is 18.0 Å². The Bertz CT molecular complexity index is 701. The molecule has 0 radical (unpaired) electrons.